The minimum atomic E-state index is -0.419. The summed E-state index contributed by atoms with van der Waals surface area (Å²) < 4.78 is 5.27. The average Bonchev–Trinajstić information content (AvgIpc) is 2.89. The smallest absolute Gasteiger partial charge is 0.341 e. The highest BCUT2D eigenvalue weighted by molar-refractivity contribution is 7.80. The number of carbonyl (C=O) groups is 2. The Kier molecular flexibility index (Phi) is 7.32. The van der Waals surface area contributed by atoms with Crippen LogP contribution in [0.3, 0.4) is 0 Å². The quantitative estimate of drug-likeness (QED) is 0.519. The molecule has 1 amide bonds. The molecule has 0 atom stereocenters. The molecule has 28 heavy (non-hydrogen) atoms. The number of hydrogen-bond donors (Lipinski definition) is 2. The Morgan fingerprint density at radius 2 is 1.82 bits per heavy atom. The predicted octanol–water partition coefficient (Wildman–Crippen LogP) is 5.15. The van der Waals surface area contributed by atoms with Gasteiger partial charge in [0.1, 0.15) is 10.6 Å². The third-order valence-corrected chi connectivity index (χ3v) is 5.02. The summed E-state index contributed by atoms with van der Waals surface area (Å²) in [5.41, 5.74) is 2.03. The van der Waals surface area contributed by atoms with Crippen LogP contribution in [0.1, 0.15) is 49.4 Å². The lowest BCUT2D eigenvalue weighted by molar-refractivity contribution is -0.121. The van der Waals surface area contributed by atoms with E-state index in [9.17, 15) is 9.59 Å². The van der Waals surface area contributed by atoms with Crippen molar-refractivity contribution < 1.29 is 14.3 Å². The van der Waals surface area contributed by atoms with Gasteiger partial charge in [0.05, 0.1) is 6.61 Å². The first-order valence-corrected chi connectivity index (χ1v) is 10.3. The Labute approximate surface area is 175 Å². The van der Waals surface area contributed by atoms with Gasteiger partial charge in [0, 0.05) is 16.9 Å². The maximum Gasteiger partial charge on any atom is 0.341 e. The molecule has 0 unspecified atom stereocenters. The molecule has 0 fully saturated rings. The van der Waals surface area contributed by atoms with Crippen molar-refractivity contribution in [3.63, 3.8) is 0 Å². The van der Waals surface area contributed by atoms with E-state index >= 15 is 0 Å². The summed E-state index contributed by atoms with van der Waals surface area (Å²) in [6.07, 6.45) is 0.346. The standard InChI is InChI=1S/C21H26N2O3S2/c1-6-26-19(25)17-16(14-10-8-7-9-11-14)13(2)28-18(17)23-20(27)22-15(24)12-21(3,4)5/h7-11H,6,12H2,1-5H3,(H2,22,23,24,27). The number of rotatable bonds is 5. The molecule has 7 heteroatoms. The highest BCUT2D eigenvalue weighted by Gasteiger charge is 2.25. The van der Waals surface area contributed by atoms with Crippen molar-refractivity contribution in [2.75, 3.05) is 11.9 Å². The lowest BCUT2D eigenvalue weighted by Crippen LogP contribution is -2.36. The van der Waals surface area contributed by atoms with Crippen LogP contribution in [0.5, 0.6) is 0 Å². The lowest BCUT2D eigenvalue weighted by atomic mass is 9.92. The third-order valence-electron chi connectivity index (χ3n) is 3.80. The van der Waals surface area contributed by atoms with Crippen LogP contribution < -0.4 is 10.6 Å². The monoisotopic (exact) mass is 418 g/mol. The number of amides is 1. The van der Waals surface area contributed by atoms with Crippen LogP contribution >= 0.6 is 23.6 Å². The maximum atomic E-state index is 12.7. The number of thiocarbonyl (C=S) groups is 1. The second kappa shape index (κ2) is 9.30. The van der Waals surface area contributed by atoms with Crippen molar-refractivity contribution >= 4 is 45.5 Å². The van der Waals surface area contributed by atoms with E-state index in [4.69, 9.17) is 17.0 Å². The van der Waals surface area contributed by atoms with Crippen molar-refractivity contribution in [1.82, 2.24) is 5.32 Å². The Balaban J connectivity index is 2.33. The number of anilines is 1. The summed E-state index contributed by atoms with van der Waals surface area (Å²) in [6, 6.07) is 9.67. The maximum absolute atomic E-state index is 12.7. The Hall–Kier alpha value is -2.25. The molecule has 150 valence electrons. The molecule has 0 spiro atoms. The summed E-state index contributed by atoms with van der Waals surface area (Å²) in [7, 11) is 0. The molecule has 1 aromatic heterocycles. The lowest BCUT2D eigenvalue weighted by Gasteiger charge is -2.17. The summed E-state index contributed by atoms with van der Waals surface area (Å²) in [4.78, 5) is 25.8. The average molecular weight is 419 g/mol. The van der Waals surface area contributed by atoms with Crippen molar-refractivity contribution in [3.05, 3.63) is 40.8 Å². The van der Waals surface area contributed by atoms with Crippen LogP contribution in [-0.2, 0) is 9.53 Å². The second-order valence-electron chi connectivity index (χ2n) is 7.56. The van der Waals surface area contributed by atoms with Crippen LogP contribution in [0.15, 0.2) is 30.3 Å². The number of benzene rings is 1. The van der Waals surface area contributed by atoms with Gasteiger partial charge in [-0.2, -0.15) is 0 Å². The van der Waals surface area contributed by atoms with Crippen LogP contribution in [0, 0.1) is 12.3 Å². The fourth-order valence-electron chi connectivity index (χ4n) is 2.77. The molecular weight excluding hydrogens is 392 g/mol. The molecule has 2 rings (SSSR count). The number of hydrogen-bond acceptors (Lipinski definition) is 5. The van der Waals surface area contributed by atoms with E-state index in [1.54, 1.807) is 6.92 Å². The van der Waals surface area contributed by atoms with Gasteiger partial charge in [-0.1, -0.05) is 51.1 Å². The summed E-state index contributed by atoms with van der Waals surface area (Å²) in [5, 5.41) is 6.44. The van der Waals surface area contributed by atoms with Gasteiger partial charge >= 0.3 is 5.97 Å². The van der Waals surface area contributed by atoms with Gasteiger partial charge < -0.3 is 15.4 Å². The van der Waals surface area contributed by atoms with Crippen LogP contribution in [0.2, 0.25) is 0 Å². The second-order valence-corrected chi connectivity index (χ2v) is 9.20. The SMILES string of the molecule is CCOC(=O)c1c(NC(=S)NC(=O)CC(C)(C)C)sc(C)c1-c1ccccc1. The fourth-order valence-corrected chi connectivity index (χ4v) is 4.12. The molecule has 2 aromatic rings. The number of nitrogens with one attached hydrogen (secondary N) is 2. The molecule has 5 nitrogen and oxygen atoms in total. The normalized spacial score (nSPS) is 11.0. The van der Waals surface area contributed by atoms with Crippen LogP contribution in [0.25, 0.3) is 11.1 Å². The van der Waals surface area contributed by atoms with Crippen LogP contribution in [-0.4, -0.2) is 23.6 Å². The number of thiophene rings is 1. The zero-order valence-electron chi connectivity index (χ0n) is 16.8. The summed E-state index contributed by atoms with van der Waals surface area (Å²) in [6.45, 7) is 9.93. The van der Waals surface area contributed by atoms with Gasteiger partial charge in [-0.25, -0.2) is 4.79 Å². The Morgan fingerprint density at radius 3 is 2.39 bits per heavy atom. The molecule has 0 radical (unpaired) electrons. The summed E-state index contributed by atoms with van der Waals surface area (Å²) >= 11 is 6.70. The minimum absolute atomic E-state index is 0.143. The fraction of sp³-hybridized carbons (Fsp3) is 0.381. The molecule has 0 aliphatic carbocycles. The molecule has 0 saturated carbocycles. The first-order chi connectivity index (χ1) is 13.1. The highest BCUT2D eigenvalue weighted by Crippen LogP contribution is 2.40. The van der Waals surface area contributed by atoms with E-state index in [-0.39, 0.29) is 23.0 Å². The van der Waals surface area contributed by atoms with Crippen molar-refractivity contribution in [2.45, 2.75) is 41.0 Å². The first-order valence-electron chi connectivity index (χ1n) is 9.09. The predicted molar refractivity (Wildman–Crippen MR) is 119 cm³/mol. The molecule has 1 aromatic carbocycles. The number of ether oxygens (including phenoxy) is 1. The van der Waals surface area contributed by atoms with Crippen molar-refractivity contribution in [2.24, 2.45) is 5.41 Å². The number of carbonyl (C=O) groups excluding carboxylic acids is 2. The Morgan fingerprint density at radius 1 is 1.18 bits per heavy atom. The molecule has 0 aliphatic rings. The van der Waals surface area contributed by atoms with Gasteiger partial charge in [-0.3, -0.25) is 4.79 Å². The van der Waals surface area contributed by atoms with E-state index in [1.165, 1.54) is 11.3 Å². The van der Waals surface area contributed by atoms with Gasteiger partial charge in [-0.05, 0) is 37.0 Å². The zero-order valence-corrected chi connectivity index (χ0v) is 18.5. The number of esters is 1. The van der Waals surface area contributed by atoms with Crippen molar-refractivity contribution in [3.8, 4) is 11.1 Å². The van der Waals surface area contributed by atoms with Crippen LogP contribution in [0.4, 0.5) is 5.00 Å². The highest BCUT2D eigenvalue weighted by atomic mass is 32.1. The number of aryl methyl sites for hydroxylation is 1. The van der Waals surface area contributed by atoms with E-state index in [0.29, 0.717) is 17.0 Å². The molecule has 0 saturated heterocycles. The summed E-state index contributed by atoms with van der Waals surface area (Å²) in [5.74, 6) is -0.587. The van der Waals surface area contributed by atoms with Gasteiger partial charge in [0.2, 0.25) is 5.91 Å². The van der Waals surface area contributed by atoms with E-state index < -0.39 is 5.97 Å². The van der Waals surface area contributed by atoms with Gasteiger partial charge in [0.15, 0.2) is 5.11 Å². The molecule has 1 heterocycles. The molecule has 0 bridgehead atoms. The topological polar surface area (TPSA) is 67.4 Å². The first kappa shape index (κ1) is 22.0. The van der Waals surface area contributed by atoms with E-state index in [1.807, 2.05) is 58.0 Å². The van der Waals surface area contributed by atoms with E-state index in [0.717, 1.165) is 16.0 Å². The minimum Gasteiger partial charge on any atom is -0.462 e. The Bertz CT molecular complexity index is 868. The third kappa shape index (κ3) is 5.87. The molecule has 2 N–H and O–H groups in total. The van der Waals surface area contributed by atoms with Gasteiger partial charge in [0.25, 0.3) is 0 Å². The van der Waals surface area contributed by atoms with E-state index in [2.05, 4.69) is 10.6 Å². The largest absolute Gasteiger partial charge is 0.462 e. The van der Waals surface area contributed by atoms with Crippen molar-refractivity contribution in [1.29, 1.82) is 0 Å². The molecule has 0 aliphatic heterocycles. The molecular formula is C21H26N2O3S2. The van der Waals surface area contributed by atoms with Gasteiger partial charge in [-0.15, -0.1) is 11.3 Å². The zero-order chi connectivity index (χ0) is 20.9.